The van der Waals surface area contributed by atoms with Crippen LogP contribution in [0, 0.1) is 0 Å². The summed E-state index contributed by atoms with van der Waals surface area (Å²) in [5.41, 5.74) is 2.82. The molecule has 8 heteroatoms. The normalized spacial score (nSPS) is 13.8. The number of hydrogen-bond acceptors (Lipinski definition) is 4. The third-order valence-corrected chi connectivity index (χ3v) is 5.24. The van der Waals surface area contributed by atoms with Gasteiger partial charge >= 0.3 is 6.03 Å². The average molecular weight is 419 g/mol. The van der Waals surface area contributed by atoms with Crippen LogP contribution in [0.15, 0.2) is 42.5 Å². The molecule has 148 valence electrons. The first-order valence-electron chi connectivity index (χ1n) is 9.16. The van der Waals surface area contributed by atoms with Crippen molar-refractivity contribution >= 4 is 59.1 Å². The summed E-state index contributed by atoms with van der Waals surface area (Å²) in [7, 11) is 0. The Morgan fingerprint density at radius 3 is 2.25 bits per heavy atom. The highest BCUT2D eigenvalue weighted by molar-refractivity contribution is 7.82. The summed E-state index contributed by atoms with van der Waals surface area (Å²) in [5, 5.41) is 6.09. The van der Waals surface area contributed by atoms with Crippen LogP contribution in [0.5, 0.6) is 0 Å². The minimum absolute atomic E-state index is 0.155. The predicted molar refractivity (Wildman–Crippen MR) is 119 cm³/mol. The maximum atomic E-state index is 12.5. The number of nitrogens with zero attached hydrogens (tertiary/aromatic N) is 2. The second kappa shape index (κ2) is 9.21. The lowest BCUT2D eigenvalue weighted by Gasteiger charge is -2.29. The van der Waals surface area contributed by atoms with Crippen LogP contribution in [0.4, 0.5) is 27.5 Å². The first-order chi connectivity index (χ1) is 13.4. The fourth-order valence-corrected chi connectivity index (χ4v) is 3.64. The smallest absolute Gasteiger partial charge is 0.336 e. The number of carbonyl (C=O) groups excluding carboxylic acids is 2. The molecule has 28 heavy (non-hydrogen) atoms. The number of halogens is 1. The molecule has 1 aliphatic heterocycles. The van der Waals surface area contributed by atoms with Crippen LogP contribution >= 0.6 is 24.4 Å². The quantitative estimate of drug-likeness (QED) is 0.600. The number of amides is 3. The molecule has 6 nitrogen and oxygen atoms in total. The van der Waals surface area contributed by atoms with E-state index in [2.05, 4.69) is 28.3 Å². The van der Waals surface area contributed by atoms with E-state index in [1.165, 1.54) is 30.5 Å². The maximum Gasteiger partial charge on any atom is 0.336 e. The van der Waals surface area contributed by atoms with Gasteiger partial charge in [0, 0.05) is 31.4 Å². The lowest BCUT2D eigenvalue weighted by Crippen LogP contribution is -2.29. The zero-order valence-electron chi connectivity index (χ0n) is 15.6. The van der Waals surface area contributed by atoms with Crippen molar-refractivity contribution in [3.63, 3.8) is 0 Å². The molecule has 2 aromatic rings. The molecular formula is C20H23ClN4O2S. The lowest BCUT2D eigenvalue weighted by atomic mass is 10.1. The van der Waals surface area contributed by atoms with Crippen molar-refractivity contribution in [2.75, 3.05) is 32.9 Å². The molecule has 2 N–H and O–H groups in total. The fraction of sp³-hybridized carbons (Fsp3) is 0.300. The molecular weight excluding hydrogens is 396 g/mol. The van der Waals surface area contributed by atoms with Crippen LogP contribution in [0.25, 0.3) is 0 Å². The van der Waals surface area contributed by atoms with E-state index in [4.69, 9.17) is 11.6 Å². The van der Waals surface area contributed by atoms with Crippen molar-refractivity contribution in [1.82, 2.24) is 0 Å². The van der Waals surface area contributed by atoms with Gasteiger partial charge in [0.15, 0.2) is 0 Å². The Balaban J connectivity index is 1.65. The molecule has 1 heterocycles. The largest absolute Gasteiger partial charge is 0.370 e. The van der Waals surface area contributed by atoms with E-state index in [0.717, 1.165) is 18.8 Å². The number of hydrogen-bond donors (Lipinski definition) is 3. The van der Waals surface area contributed by atoms with E-state index in [1.807, 2.05) is 12.1 Å². The van der Waals surface area contributed by atoms with Crippen molar-refractivity contribution < 1.29 is 9.59 Å². The van der Waals surface area contributed by atoms with Crippen LogP contribution in [-0.4, -0.2) is 25.0 Å². The monoisotopic (exact) mass is 418 g/mol. The van der Waals surface area contributed by atoms with E-state index < -0.39 is 6.03 Å². The van der Waals surface area contributed by atoms with Crippen molar-refractivity contribution in [2.24, 2.45) is 0 Å². The van der Waals surface area contributed by atoms with Crippen LogP contribution in [0.2, 0.25) is 5.02 Å². The van der Waals surface area contributed by atoms with Crippen molar-refractivity contribution in [3.05, 3.63) is 47.5 Å². The van der Waals surface area contributed by atoms with E-state index >= 15 is 0 Å². The van der Waals surface area contributed by atoms with Crippen LogP contribution in [0.3, 0.4) is 0 Å². The average Bonchev–Trinajstić information content (AvgIpc) is 2.68. The zero-order valence-corrected chi connectivity index (χ0v) is 17.3. The van der Waals surface area contributed by atoms with Gasteiger partial charge in [-0.3, -0.25) is 4.79 Å². The Labute approximate surface area is 175 Å². The number of thiol groups is 1. The van der Waals surface area contributed by atoms with Gasteiger partial charge < -0.3 is 15.5 Å². The Bertz CT molecular complexity index is 854. The predicted octanol–water partition coefficient (Wildman–Crippen LogP) is 5.17. The number of nitrogens with one attached hydrogen (secondary N) is 2. The van der Waals surface area contributed by atoms with Gasteiger partial charge in [0.2, 0.25) is 5.91 Å². The Hall–Kier alpha value is -2.38. The first-order valence-corrected chi connectivity index (χ1v) is 9.94. The lowest BCUT2D eigenvalue weighted by molar-refractivity contribution is -0.114. The van der Waals surface area contributed by atoms with Gasteiger partial charge in [0.05, 0.1) is 16.4 Å². The molecule has 0 spiro atoms. The molecule has 0 atom stereocenters. The van der Waals surface area contributed by atoms with E-state index in [0.29, 0.717) is 22.1 Å². The summed E-state index contributed by atoms with van der Waals surface area (Å²) in [4.78, 5) is 25.8. The van der Waals surface area contributed by atoms with Gasteiger partial charge in [-0.15, -0.1) is 0 Å². The number of piperidine rings is 1. The third kappa shape index (κ3) is 5.11. The molecule has 0 bridgehead atoms. The molecule has 0 radical (unpaired) electrons. The summed E-state index contributed by atoms with van der Waals surface area (Å²) < 4.78 is 1.20. The Morgan fingerprint density at radius 1 is 1.00 bits per heavy atom. The Morgan fingerprint density at radius 2 is 1.64 bits per heavy atom. The number of rotatable bonds is 4. The van der Waals surface area contributed by atoms with Gasteiger partial charge in [-0.1, -0.05) is 24.4 Å². The summed E-state index contributed by atoms with van der Waals surface area (Å²) in [5.74, 6) is -0.155. The molecule has 3 amide bonds. The van der Waals surface area contributed by atoms with Gasteiger partial charge in [-0.05, 0) is 61.7 Å². The number of benzene rings is 2. The van der Waals surface area contributed by atoms with Crippen molar-refractivity contribution in [3.8, 4) is 0 Å². The second-order valence-corrected chi connectivity index (χ2v) is 7.49. The van der Waals surface area contributed by atoms with Gasteiger partial charge in [0.1, 0.15) is 0 Å². The second-order valence-electron chi connectivity index (χ2n) is 6.68. The van der Waals surface area contributed by atoms with Crippen molar-refractivity contribution in [1.29, 1.82) is 0 Å². The molecule has 1 aliphatic rings. The molecule has 0 aliphatic carbocycles. The van der Waals surface area contributed by atoms with Gasteiger partial charge in [-0.25, -0.2) is 9.10 Å². The van der Waals surface area contributed by atoms with E-state index in [9.17, 15) is 9.59 Å². The highest BCUT2D eigenvalue weighted by Gasteiger charge is 2.16. The molecule has 1 saturated heterocycles. The van der Waals surface area contributed by atoms with Crippen LogP contribution < -0.4 is 19.8 Å². The SMILES string of the molecule is CC(=O)Nc1ccc(N(S)C(=O)Nc2ccc(N3CCCCC3)c(Cl)c2)cc1. The minimum Gasteiger partial charge on any atom is -0.370 e. The summed E-state index contributed by atoms with van der Waals surface area (Å²) in [6, 6.07) is 11.9. The minimum atomic E-state index is -0.405. The number of urea groups is 1. The van der Waals surface area contributed by atoms with E-state index in [1.54, 1.807) is 30.3 Å². The van der Waals surface area contributed by atoms with Crippen LogP contribution in [-0.2, 0) is 4.79 Å². The highest BCUT2D eigenvalue weighted by atomic mass is 35.5. The first kappa shape index (κ1) is 20.4. The highest BCUT2D eigenvalue weighted by Crippen LogP contribution is 2.31. The molecule has 0 unspecified atom stereocenters. The fourth-order valence-electron chi connectivity index (χ4n) is 3.16. The van der Waals surface area contributed by atoms with Gasteiger partial charge in [-0.2, -0.15) is 0 Å². The summed E-state index contributed by atoms with van der Waals surface area (Å²) in [6.45, 7) is 3.45. The number of anilines is 4. The summed E-state index contributed by atoms with van der Waals surface area (Å²) >= 11 is 10.7. The van der Waals surface area contributed by atoms with Crippen LogP contribution in [0.1, 0.15) is 26.2 Å². The summed E-state index contributed by atoms with van der Waals surface area (Å²) in [6.07, 6.45) is 3.60. The topological polar surface area (TPSA) is 64.7 Å². The van der Waals surface area contributed by atoms with Crippen molar-refractivity contribution in [2.45, 2.75) is 26.2 Å². The van der Waals surface area contributed by atoms with Gasteiger partial charge in [0.25, 0.3) is 0 Å². The molecule has 1 fully saturated rings. The zero-order chi connectivity index (χ0) is 20.1. The maximum absolute atomic E-state index is 12.5. The molecule has 2 aromatic carbocycles. The number of carbonyl (C=O) groups is 2. The molecule has 3 rings (SSSR count). The molecule has 0 saturated carbocycles. The molecule has 0 aromatic heterocycles. The third-order valence-electron chi connectivity index (χ3n) is 4.52. The Kier molecular flexibility index (Phi) is 6.70. The standard InChI is InChI=1S/C20H23ClN4O2S/c1-14(26)22-15-5-8-17(9-6-15)25(28)20(27)23-16-7-10-19(18(21)13-16)24-11-3-2-4-12-24/h5-10,13,28H,2-4,11-12H2,1H3,(H,22,26)(H,23,27). The van der Waals surface area contributed by atoms with E-state index in [-0.39, 0.29) is 5.91 Å².